The molecule has 1 N–H and O–H groups in total. The first-order chi connectivity index (χ1) is 11.0. The van der Waals surface area contributed by atoms with Crippen molar-refractivity contribution >= 4 is 11.8 Å². The van der Waals surface area contributed by atoms with Crippen molar-refractivity contribution in [1.29, 1.82) is 0 Å². The van der Waals surface area contributed by atoms with E-state index in [9.17, 15) is 9.59 Å². The van der Waals surface area contributed by atoms with Crippen LogP contribution in [0.15, 0.2) is 0 Å². The Morgan fingerprint density at radius 3 is 2.52 bits per heavy atom. The first-order valence-electron chi connectivity index (χ1n) is 8.90. The lowest BCUT2D eigenvalue weighted by Crippen LogP contribution is -2.35. The minimum atomic E-state index is -0.171. The fourth-order valence-electron chi connectivity index (χ4n) is 2.94. The van der Waals surface area contributed by atoms with E-state index in [1.54, 1.807) is 0 Å². The predicted molar refractivity (Wildman–Crippen MR) is 93.3 cm³/mol. The number of hydrogen-bond donors (Lipinski definition) is 1. The Hall–Kier alpha value is -1.14. The molecule has 0 radical (unpaired) electrons. The van der Waals surface area contributed by atoms with Gasteiger partial charge in [-0.3, -0.25) is 9.59 Å². The Kier molecular flexibility index (Phi) is 9.17. The highest BCUT2D eigenvalue weighted by atomic mass is 16.2. The minimum Gasteiger partial charge on any atom is -0.356 e. The van der Waals surface area contributed by atoms with Crippen molar-refractivity contribution in [2.45, 2.75) is 33.1 Å². The molecule has 0 bridgehead atoms. The first-order valence-corrected chi connectivity index (χ1v) is 8.90. The zero-order valence-electron chi connectivity index (χ0n) is 15.3. The molecule has 134 valence electrons. The van der Waals surface area contributed by atoms with Gasteiger partial charge in [-0.05, 0) is 53.1 Å². The highest BCUT2D eigenvalue weighted by Crippen LogP contribution is 2.18. The fraction of sp³-hybridized carbons (Fsp3) is 0.882. The molecule has 1 saturated heterocycles. The number of rotatable bonds is 11. The second-order valence-corrected chi connectivity index (χ2v) is 6.57. The third kappa shape index (κ3) is 7.31. The van der Waals surface area contributed by atoms with Gasteiger partial charge in [-0.1, -0.05) is 13.8 Å². The van der Waals surface area contributed by atoms with Gasteiger partial charge in [0.25, 0.3) is 0 Å². The summed E-state index contributed by atoms with van der Waals surface area (Å²) in [6, 6.07) is 0. The van der Waals surface area contributed by atoms with E-state index < -0.39 is 0 Å². The summed E-state index contributed by atoms with van der Waals surface area (Å²) in [5.74, 6) is -0.0182. The summed E-state index contributed by atoms with van der Waals surface area (Å²) in [5.41, 5.74) is 0. The topological polar surface area (TPSA) is 55.9 Å². The first kappa shape index (κ1) is 19.9. The minimum absolute atomic E-state index is 0.0352. The molecule has 0 spiro atoms. The van der Waals surface area contributed by atoms with Crippen LogP contribution in [0.5, 0.6) is 0 Å². The average molecular weight is 326 g/mol. The molecule has 1 fully saturated rings. The zero-order valence-corrected chi connectivity index (χ0v) is 15.3. The molecule has 0 saturated carbocycles. The smallest absolute Gasteiger partial charge is 0.225 e. The summed E-state index contributed by atoms with van der Waals surface area (Å²) in [5, 5.41) is 2.99. The maximum atomic E-state index is 12.2. The van der Waals surface area contributed by atoms with Crippen LogP contribution in [-0.4, -0.2) is 86.4 Å². The van der Waals surface area contributed by atoms with Gasteiger partial charge < -0.3 is 20.0 Å². The number of carbonyl (C=O) groups is 2. The van der Waals surface area contributed by atoms with Crippen LogP contribution in [0.2, 0.25) is 0 Å². The third-order valence-corrected chi connectivity index (χ3v) is 4.46. The Balaban J connectivity index is 2.23. The van der Waals surface area contributed by atoms with Gasteiger partial charge in [-0.25, -0.2) is 0 Å². The van der Waals surface area contributed by atoms with Crippen LogP contribution in [0.1, 0.15) is 33.1 Å². The van der Waals surface area contributed by atoms with Crippen LogP contribution in [-0.2, 0) is 9.59 Å². The molecule has 2 amide bonds. The van der Waals surface area contributed by atoms with E-state index in [0.717, 1.165) is 45.6 Å². The number of amides is 2. The number of likely N-dealkylation sites (tertiary alicyclic amines) is 1. The standard InChI is InChI=1S/C17H34N4O2/c1-5-20(6-2)11-7-9-18-17(23)15-13-16(22)21(14-15)12-8-10-19(3)4/h15H,5-14H2,1-4H3,(H,18,23). The van der Waals surface area contributed by atoms with Crippen LogP contribution in [0, 0.1) is 5.92 Å². The van der Waals surface area contributed by atoms with Crippen molar-refractivity contribution in [3.8, 4) is 0 Å². The lowest BCUT2D eigenvalue weighted by molar-refractivity contribution is -0.129. The maximum Gasteiger partial charge on any atom is 0.225 e. The van der Waals surface area contributed by atoms with Crippen molar-refractivity contribution in [2.24, 2.45) is 5.92 Å². The van der Waals surface area contributed by atoms with E-state index in [0.29, 0.717) is 19.5 Å². The van der Waals surface area contributed by atoms with Crippen LogP contribution >= 0.6 is 0 Å². The highest BCUT2D eigenvalue weighted by Gasteiger charge is 2.33. The van der Waals surface area contributed by atoms with Crippen molar-refractivity contribution in [1.82, 2.24) is 20.0 Å². The van der Waals surface area contributed by atoms with Gasteiger partial charge in [0.1, 0.15) is 0 Å². The maximum absolute atomic E-state index is 12.2. The van der Waals surface area contributed by atoms with Crippen LogP contribution < -0.4 is 5.32 Å². The summed E-state index contributed by atoms with van der Waals surface area (Å²) < 4.78 is 0. The Labute approximate surface area is 141 Å². The van der Waals surface area contributed by atoms with Crippen molar-refractivity contribution in [2.75, 3.05) is 59.9 Å². The third-order valence-electron chi connectivity index (χ3n) is 4.46. The fourth-order valence-corrected chi connectivity index (χ4v) is 2.94. The van der Waals surface area contributed by atoms with Crippen molar-refractivity contribution in [3.05, 3.63) is 0 Å². The summed E-state index contributed by atoms with van der Waals surface area (Å²) in [4.78, 5) is 30.5. The van der Waals surface area contributed by atoms with Gasteiger partial charge in [-0.2, -0.15) is 0 Å². The Morgan fingerprint density at radius 1 is 1.22 bits per heavy atom. The molecule has 1 rings (SSSR count). The molecule has 1 unspecified atom stereocenters. The zero-order chi connectivity index (χ0) is 17.2. The molecule has 0 aromatic rings. The molecule has 0 aromatic carbocycles. The molecule has 1 aliphatic heterocycles. The van der Waals surface area contributed by atoms with E-state index >= 15 is 0 Å². The number of carbonyl (C=O) groups excluding carboxylic acids is 2. The molecule has 23 heavy (non-hydrogen) atoms. The molecular weight excluding hydrogens is 292 g/mol. The van der Waals surface area contributed by atoms with Gasteiger partial charge in [-0.15, -0.1) is 0 Å². The van der Waals surface area contributed by atoms with Crippen molar-refractivity contribution in [3.63, 3.8) is 0 Å². The van der Waals surface area contributed by atoms with E-state index in [4.69, 9.17) is 0 Å². The Bertz CT molecular complexity index is 370. The van der Waals surface area contributed by atoms with Gasteiger partial charge in [0.15, 0.2) is 0 Å². The largest absolute Gasteiger partial charge is 0.356 e. The molecular formula is C17H34N4O2. The monoisotopic (exact) mass is 326 g/mol. The second-order valence-electron chi connectivity index (χ2n) is 6.57. The molecule has 6 heteroatoms. The van der Waals surface area contributed by atoms with E-state index in [1.807, 2.05) is 19.0 Å². The van der Waals surface area contributed by atoms with E-state index in [1.165, 1.54) is 0 Å². The van der Waals surface area contributed by atoms with E-state index in [2.05, 4.69) is 29.0 Å². The van der Waals surface area contributed by atoms with Gasteiger partial charge in [0.2, 0.25) is 11.8 Å². The highest BCUT2D eigenvalue weighted by molar-refractivity contribution is 5.89. The number of nitrogens with zero attached hydrogens (tertiary/aromatic N) is 3. The molecule has 0 aliphatic carbocycles. The molecule has 6 nitrogen and oxygen atoms in total. The van der Waals surface area contributed by atoms with Crippen LogP contribution in [0.3, 0.4) is 0 Å². The summed E-state index contributed by atoms with van der Waals surface area (Å²) in [6.07, 6.45) is 2.28. The molecule has 1 atom stereocenters. The normalized spacial score (nSPS) is 18.3. The quantitative estimate of drug-likeness (QED) is 0.566. The van der Waals surface area contributed by atoms with Crippen LogP contribution in [0.25, 0.3) is 0 Å². The lowest BCUT2D eigenvalue weighted by Gasteiger charge is -2.19. The van der Waals surface area contributed by atoms with Gasteiger partial charge in [0.05, 0.1) is 5.92 Å². The molecule has 1 heterocycles. The van der Waals surface area contributed by atoms with E-state index in [-0.39, 0.29) is 17.7 Å². The lowest BCUT2D eigenvalue weighted by atomic mass is 10.1. The summed E-state index contributed by atoms with van der Waals surface area (Å²) >= 11 is 0. The summed E-state index contributed by atoms with van der Waals surface area (Å²) in [7, 11) is 4.06. The SMILES string of the molecule is CCN(CC)CCCNC(=O)C1CC(=O)N(CCCN(C)C)C1. The predicted octanol–water partition coefficient (Wildman–Crippen LogP) is 0.635. The van der Waals surface area contributed by atoms with Crippen molar-refractivity contribution < 1.29 is 9.59 Å². The second kappa shape index (κ2) is 10.6. The molecule has 0 aromatic heterocycles. The number of hydrogen-bond acceptors (Lipinski definition) is 4. The van der Waals surface area contributed by atoms with Gasteiger partial charge in [0, 0.05) is 26.1 Å². The number of nitrogens with one attached hydrogen (secondary N) is 1. The van der Waals surface area contributed by atoms with Gasteiger partial charge >= 0.3 is 0 Å². The Morgan fingerprint density at radius 2 is 1.91 bits per heavy atom. The average Bonchev–Trinajstić information content (AvgIpc) is 2.88. The van der Waals surface area contributed by atoms with Crippen LogP contribution in [0.4, 0.5) is 0 Å². The summed E-state index contributed by atoms with van der Waals surface area (Å²) in [6.45, 7) is 10.4. The molecule has 1 aliphatic rings.